The molecule has 0 spiro atoms. The molecule has 2 nitrogen and oxygen atoms in total. The van der Waals surface area contributed by atoms with Crippen LogP contribution >= 0.6 is 0 Å². The fraction of sp³-hybridized carbons (Fsp3) is 0.500. The fourth-order valence-electron chi connectivity index (χ4n) is 4.75. The predicted octanol–water partition coefficient (Wildman–Crippen LogP) is 7.58. The van der Waals surface area contributed by atoms with Gasteiger partial charge >= 0.3 is 24.7 Å². The van der Waals surface area contributed by atoms with E-state index in [9.17, 15) is 52.7 Å². The Morgan fingerprint density at radius 3 is 1.13 bits per heavy atom. The van der Waals surface area contributed by atoms with Gasteiger partial charge in [0, 0.05) is 12.8 Å². The van der Waals surface area contributed by atoms with E-state index in [1.54, 1.807) is 0 Å². The molecule has 1 atom stereocenters. The van der Waals surface area contributed by atoms with E-state index in [4.69, 9.17) is 4.43 Å². The Morgan fingerprint density at radius 2 is 0.897 bits per heavy atom. The zero-order valence-corrected chi connectivity index (χ0v) is 21.7. The molecule has 0 radical (unpaired) electrons. The fourth-order valence-corrected chi connectivity index (χ4v) is 6.11. The van der Waals surface area contributed by atoms with E-state index in [2.05, 4.69) is 0 Å². The lowest BCUT2D eigenvalue weighted by atomic mass is 9.77. The molecule has 0 aromatic heterocycles. The van der Waals surface area contributed by atoms with E-state index in [0.717, 1.165) is 0 Å². The molecule has 39 heavy (non-hydrogen) atoms. The van der Waals surface area contributed by atoms with Crippen LogP contribution in [0.4, 0.5) is 52.7 Å². The second-order valence-electron chi connectivity index (χ2n) is 10.3. The maximum absolute atomic E-state index is 13.8. The van der Waals surface area contributed by atoms with Gasteiger partial charge in [-0.25, -0.2) is 0 Å². The number of halogens is 12. The summed E-state index contributed by atoms with van der Waals surface area (Å²) >= 11 is 0. The lowest BCUT2D eigenvalue weighted by Gasteiger charge is -2.43. The minimum atomic E-state index is -5.31. The summed E-state index contributed by atoms with van der Waals surface area (Å²) in [6.07, 6.45) is -20.9. The first-order chi connectivity index (χ1) is 17.4. The number of hydrogen-bond donors (Lipinski definition) is 1. The van der Waals surface area contributed by atoms with Crippen LogP contribution in [-0.4, -0.2) is 20.9 Å². The first-order valence-electron chi connectivity index (χ1n) is 11.6. The van der Waals surface area contributed by atoms with Gasteiger partial charge in [-0.2, -0.15) is 52.7 Å². The molecule has 1 aliphatic rings. The second kappa shape index (κ2) is 9.98. The molecule has 3 rings (SSSR count). The van der Waals surface area contributed by atoms with Gasteiger partial charge in [0.15, 0.2) is 13.9 Å². The van der Waals surface area contributed by atoms with E-state index in [1.165, 1.54) is 25.0 Å². The van der Waals surface area contributed by atoms with Crippen molar-refractivity contribution in [3.8, 4) is 0 Å². The summed E-state index contributed by atoms with van der Waals surface area (Å²) in [6, 6.07) is -0.185. The Hall–Kier alpha value is -2.26. The molecule has 0 bridgehead atoms. The van der Waals surface area contributed by atoms with Gasteiger partial charge in [0.1, 0.15) is 6.04 Å². The summed E-state index contributed by atoms with van der Waals surface area (Å²) in [7, 11) is -3.12. The van der Waals surface area contributed by atoms with Crippen LogP contribution in [0, 0.1) is 0 Å². The molecule has 218 valence electrons. The highest BCUT2D eigenvalue weighted by Crippen LogP contribution is 2.47. The van der Waals surface area contributed by atoms with Crippen molar-refractivity contribution < 1.29 is 62.4 Å². The first kappa shape index (κ1) is 31.3. The Labute approximate surface area is 216 Å². The lowest BCUT2D eigenvalue weighted by molar-refractivity contribution is -0.683. The van der Waals surface area contributed by atoms with Crippen molar-refractivity contribution >= 4 is 8.32 Å². The van der Waals surface area contributed by atoms with Crippen LogP contribution in [0.1, 0.15) is 46.2 Å². The van der Waals surface area contributed by atoms with Crippen LogP contribution in [0.15, 0.2) is 36.4 Å². The summed E-state index contributed by atoms with van der Waals surface area (Å²) in [5, 5.41) is 1.46. The van der Waals surface area contributed by atoms with Crippen molar-refractivity contribution in [3.05, 3.63) is 69.8 Å². The van der Waals surface area contributed by atoms with Crippen LogP contribution in [-0.2, 0) is 34.7 Å². The molecule has 1 aliphatic heterocycles. The monoisotopic (exact) mass is 598 g/mol. The molecule has 0 unspecified atom stereocenters. The quantitative estimate of drug-likeness (QED) is 0.279. The molecule has 0 saturated carbocycles. The Bertz CT molecular complexity index is 1050. The van der Waals surface area contributed by atoms with Gasteiger partial charge in [0.25, 0.3) is 0 Å². The molecule has 15 heteroatoms. The Kier molecular flexibility index (Phi) is 8.00. The van der Waals surface area contributed by atoms with Crippen LogP contribution in [0.25, 0.3) is 0 Å². The second-order valence-corrected chi connectivity index (χ2v) is 14.7. The smallest absolute Gasteiger partial charge is 0.399 e. The van der Waals surface area contributed by atoms with Crippen molar-refractivity contribution in [1.29, 1.82) is 0 Å². The number of alkyl halides is 12. The number of benzene rings is 2. The molecule has 2 N–H and O–H groups in total. The minimum absolute atomic E-state index is 0.0413. The highest BCUT2D eigenvalue weighted by molar-refractivity contribution is 6.69. The van der Waals surface area contributed by atoms with E-state index in [-0.39, 0.29) is 25.1 Å². The SMILES string of the molecule is C[Si](C)(C)OC(c1cc(C(F)(F)F)cc(C(F)(F)F)c1)(c1cc(C(F)(F)F)cc(C(F)(F)F)c1)[C@@H]1CCC[NH2+]1. The van der Waals surface area contributed by atoms with Crippen molar-refractivity contribution in [2.24, 2.45) is 0 Å². The molecule has 1 fully saturated rings. The molecule has 2 aromatic rings. The third-order valence-corrected chi connectivity index (χ3v) is 7.13. The highest BCUT2D eigenvalue weighted by Gasteiger charge is 2.53. The van der Waals surface area contributed by atoms with E-state index >= 15 is 0 Å². The molecule has 0 amide bonds. The van der Waals surface area contributed by atoms with Gasteiger partial charge in [0.05, 0.1) is 28.8 Å². The van der Waals surface area contributed by atoms with Gasteiger partial charge < -0.3 is 9.74 Å². The number of hydrogen-bond acceptors (Lipinski definition) is 1. The van der Waals surface area contributed by atoms with Crippen LogP contribution < -0.4 is 5.32 Å². The summed E-state index contributed by atoms with van der Waals surface area (Å²) in [5.41, 5.74) is -11.2. The Balaban J connectivity index is 2.56. The topological polar surface area (TPSA) is 25.8 Å². The zero-order chi connectivity index (χ0) is 29.8. The number of rotatable bonds is 5. The van der Waals surface area contributed by atoms with Crippen LogP contribution in [0.3, 0.4) is 0 Å². The van der Waals surface area contributed by atoms with Crippen molar-refractivity contribution in [1.82, 2.24) is 0 Å². The summed E-state index contributed by atoms with van der Waals surface area (Å²) in [5.74, 6) is 0. The summed E-state index contributed by atoms with van der Waals surface area (Å²) < 4.78 is 172. The average Bonchev–Trinajstić information content (AvgIpc) is 3.29. The number of quaternary nitrogens is 1. The summed E-state index contributed by atoms with van der Waals surface area (Å²) in [6.45, 7) is 4.71. The molecular weight excluding hydrogens is 574 g/mol. The molecule has 1 heterocycles. The maximum atomic E-state index is 13.8. The molecule has 0 aliphatic carbocycles. The third kappa shape index (κ3) is 6.91. The van der Waals surface area contributed by atoms with Gasteiger partial charge in [-0.15, -0.1) is 0 Å². The van der Waals surface area contributed by atoms with Crippen LogP contribution in [0.5, 0.6) is 0 Å². The molecule has 1 saturated heterocycles. The highest BCUT2D eigenvalue weighted by atomic mass is 28.4. The van der Waals surface area contributed by atoms with Gasteiger partial charge in [-0.1, -0.05) is 0 Å². The van der Waals surface area contributed by atoms with Crippen molar-refractivity contribution in [2.75, 3.05) is 6.54 Å². The van der Waals surface area contributed by atoms with E-state index < -0.39 is 78.0 Å². The first-order valence-corrected chi connectivity index (χ1v) is 15.0. The summed E-state index contributed by atoms with van der Waals surface area (Å²) in [4.78, 5) is 0. The average molecular weight is 599 g/mol. The predicted molar refractivity (Wildman–Crippen MR) is 118 cm³/mol. The maximum Gasteiger partial charge on any atom is 0.416 e. The zero-order valence-electron chi connectivity index (χ0n) is 20.7. The lowest BCUT2D eigenvalue weighted by Crippen LogP contribution is -2.91. The molecular formula is C24H24F12NOSi+. The third-order valence-electron chi connectivity index (χ3n) is 6.19. The van der Waals surface area contributed by atoms with Gasteiger partial charge in [0.2, 0.25) is 0 Å². The molecule has 2 aromatic carbocycles. The Morgan fingerprint density at radius 1 is 0.590 bits per heavy atom. The minimum Gasteiger partial charge on any atom is -0.399 e. The van der Waals surface area contributed by atoms with Crippen molar-refractivity contribution in [2.45, 2.75) is 68.8 Å². The normalized spacial score (nSPS) is 18.1. The van der Waals surface area contributed by atoms with Gasteiger partial charge in [-0.3, -0.25) is 0 Å². The number of nitrogens with two attached hydrogens (primary N) is 1. The standard InChI is InChI=1S/C24H23F12NOSi/c1-39(2,3)38-20(19-5-4-6-37-19,13-7-15(21(25,26)27)11-16(8-13)22(28,29)30)14-9-17(23(31,32)33)12-18(10-14)24(34,35)36/h7-12,19,37H,4-6H2,1-3H3/p+1/t19-/m0/s1. The van der Waals surface area contributed by atoms with Crippen molar-refractivity contribution in [3.63, 3.8) is 0 Å². The van der Waals surface area contributed by atoms with Crippen LogP contribution in [0.2, 0.25) is 19.6 Å². The largest absolute Gasteiger partial charge is 0.416 e. The van der Waals surface area contributed by atoms with E-state index in [1.807, 2.05) is 0 Å². The van der Waals surface area contributed by atoms with E-state index in [0.29, 0.717) is 30.7 Å². The van der Waals surface area contributed by atoms with Gasteiger partial charge in [-0.05, 0) is 67.2 Å².